The van der Waals surface area contributed by atoms with E-state index < -0.39 is 17.6 Å². The number of aliphatic carboxylic acids is 1. The molecule has 1 rings (SSSR count). The van der Waals surface area contributed by atoms with Crippen LogP contribution in [0.25, 0.3) is 6.08 Å². The molecule has 0 aliphatic rings. The minimum atomic E-state index is -1.76. The van der Waals surface area contributed by atoms with Crippen molar-refractivity contribution in [2.75, 3.05) is 0 Å². The first-order chi connectivity index (χ1) is 6.59. The first-order valence-corrected chi connectivity index (χ1v) is 3.78. The molecule has 0 unspecified atom stereocenters. The molecule has 15 heavy (non-hydrogen) atoms. The average Bonchev–Trinajstić information content (AvgIpc) is 2.16. The molecule has 0 amide bonds. The van der Waals surface area contributed by atoms with Gasteiger partial charge in [-0.25, -0.2) is 4.39 Å². The molecule has 1 aromatic carbocycles. The molecule has 0 N–H and O–H groups in total. The van der Waals surface area contributed by atoms with Crippen molar-refractivity contribution in [1.82, 2.24) is 0 Å². The zero-order chi connectivity index (χ0) is 10.6. The van der Waals surface area contributed by atoms with E-state index in [1.165, 1.54) is 30.3 Å². The van der Waals surface area contributed by atoms with E-state index in [4.69, 9.17) is 0 Å². The van der Waals surface area contributed by atoms with Crippen LogP contribution in [0.1, 0.15) is 5.56 Å². The third-order valence-electron chi connectivity index (χ3n) is 1.50. The van der Waals surface area contributed by atoms with Crippen molar-refractivity contribution in [3.8, 4) is 0 Å². The molecular weight excluding hydrogens is 226 g/mol. The van der Waals surface area contributed by atoms with Gasteiger partial charge in [0.2, 0.25) is 5.78 Å². The molecule has 1 aromatic rings. The molecule has 0 saturated carbocycles. The number of carbonyl (C=O) groups excluding carboxylic acids is 2. The molecule has 0 saturated heterocycles. The molecule has 0 radical (unpaired) electrons. The number of rotatable bonds is 3. The van der Waals surface area contributed by atoms with Gasteiger partial charge >= 0.3 is 51.4 Å². The third-order valence-corrected chi connectivity index (χ3v) is 1.50. The van der Waals surface area contributed by atoms with Gasteiger partial charge in [0.25, 0.3) is 0 Å². The van der Waals surface area contributed by atoms with E-state index in [-0.39, 0.29) is 51.4 Å². The fourth-order valence-electron chi connectivity index (χ4n) is 0.814. The van der Waals surface area contributed by atoms with Crippen LogP contribution in [-0.4, -0.2) is 11.8 Å². The van der Waals surface area contributed by atoms with Gasteiger partial charge < -0.3 is 9.90 Å². The summed E-state index contributed by atoms with van der Waals surface area (Å²) in [5.74, 6) is -3.27. The van der Waals surface area contributed by atoms with Gasteiger partial charge in [-0.2, -0.15) is 0 Å². The Labute approximate surface area is 128 Å². The van der Waals surface area contributed by atoms with Crippen LogP contribution in [0.3, 0.4) is 0 Å². The summed E-state index contributed by atoms with van der Waals surface area (Å²) in [5.41, 5.74) is 0.543. The van der Waals surface area contributed by atoms with Crippen LogP contribution < -0.4 is 56.5 Å². The van der Waals surface area contributed by atoms with E-state index >= 15 is 0 Å². The zero-order valence-electron chi connectivity index (χ0n) is 8.07. The number of carbonyl (C=O) groups is 2. The maximum Gasteiger partial charge on any atom is 1.00 e. The van der Waals surface area contributed by atoms with Crippen LogP contribution >= 0.6 is 0 Å². The van der Waals surface area contributed by atoms with Gasteiger partial charge in [-0.1, -0.05) is 18.2 Å². The van der Waals surface area contributed by atoms with Crippen LogP contribution in [0.4, 0.5) is 4.39 Å². The summed E-state index contributed by atoms with van der Waals surface area (Å²) in [6.07, 6.45) is 2.14. The number of hydrogen-bond acceptors (Lipinski definition) is 3. The molecule has 0 heterocycles. The van der Waals surface area contributed by atoms with Crippen LogP contribution in [0, 0.1) is 5.82 Å². The van der Waals surface area contributed by atoms with Crippen molar-refractivity contribution >= 4 is 17.8 Å². The van der Waals surface area contributed by atoms with Crippen molar-refractivity contribution in [1.29, 1.82) is 0 Å². The van der Waals surface area contributed by atoms with Crippen LogP contribution in [-0.2, 0) is 9.59 Å². The second-order valence-electron chi connectivity index (χ2n) is 2.54. The Morgan fingerprint density at radius 3 is 2.20 bits per heavy atom. The Bertz CT molecular complexity index is 384. The Morgan fingerprint density at radius 1 is 1.20 bits per heavy atom. The first-order valence-electron chi connectivity index (χ1n) is 3.78. The van der Waals surface area contributed by atoms with E-state index in [0.29, 0.717) is 5.56 Å². The number of carboxylic acid groups (broad SMARTS) is 1. The normalized spacial score (nSPS) is 9.67. The third kappa shape index (κ3) is 5.34. The number of ketones is 1. The molecule has 0 atom stereocenters. The fourth-order valence-corrected chi connectivity index (χ4v) is 0.814. The predicted molar refractivity (Wildman–Crippen MR) is 45.4 cm³/mol. The van der Waals surface area contributed by atoms with Crippen molar-refractivity contribution in [2.24, 2.45) is 0 Å². The van der Waals surface area contributed by atoms with E-state index in [0.717, 1.165) is 6.08 Å². The van der Waals surface area contributed by atoms with Gasteiger partial charge in [0.1, 0.15) is 11.8 Å². The maximum atomic E-state index is 12.4. The summed E-state index contributed by atoms with van der Waals surface area (Å²) in [5, 5.41) is 10.0. The van der Waals surface area contributed by atoms with E-state index in [1.807, 2.05) is 0 Å². The van der Waals surface area contributed by atoms with E-state index in [2.05, 4.69) is 0 Å². The molecule has 72 valence electrons. The standard InChI is InChI=1S/C10H7FO3.K/c11-8-4-1-7(2-5-8)3-6-9(12)10(13)14;/h1-6H,(H,13,14);/q;+1/p-1. The predicted octanol–water partition coefficient (Wildman–Crippen LogP) is -2.84. The molecule has 0 aliphatic heterocycles. The molecule has 0 aliphatic carbocycles. The molecule has 0 spiro atoms. The van der Waals surface area contributed by atoms with E-state index in [1.54, 1.807) is 0 Å². The Hall–Kier alpha value is -0.334. The average molecular weight is 232 g/mol. The van der Waals surface area contributed by atoms with Gasteiger partial charge in [-0.3, -0.25) is 4.79 Å². The van der Waals surface area contributed by atoms with Gasteiger partial charge in [-0.05, 0) is 23.8 Å². The summed E-state index contributed by atoms with van der Waals surface area (Å²) < 4.78 is 12.4. The summed E-state index contributed by atoms with van der Waals surface area (Å²) in [6.45, 7) is 0. The van der Waals surface area contributed by atoms with Crippen molar-refractivity contribution in [2.45, 2.75) is 0 Å². The largest absolute Gasteiger partial charge is 1.00 e. The second-order valence-corrected chi connectivity index (χ2v) is 2.54. The summed E-state index contributed by atoms with van der Waals surface area (Å²) in [4.78, 5) is 20.6. The number of carboxylic acids is 1. The molecule has 5 heteroatoms. The summed E-state index contributed by atoms with van der Waals surface area (Å²) in [6, 6.07) is 5.27. The molecule has 0 fully saturated rings. The molecule has 0 aromatic heterocycles. The fraction of sp³-hybridized carbons (Fsp3) is 0. The SMILES string of the molecule is O=C([O-])C(=O)C=Cc1ccc(F)cc1.[K+]. The van der Waals surface area contributed by atoms with Gasteiger partial charge in [0, 0.05) is 0 Å². The summed E-state index contributed by atoms with van der Waals surface area (Å²) in [7, 11) is 0. The minimum Gasteiger partial charge on any atom is -0.541 e. The zero-order valence-corrected chi connectivity index (χ0v) is 11.2. The van der Waals surface area contributed by atoms with E-state index in [9.17, 15) is 19.1 Å². The Kier molecular flexibility index (Phi) is 6.87. The van der Waals surface area contributed by atoms with Crippen molar-refractivity contribution in [3.63, 3.8) is 0 Å². The van der Waals surface area contributed by atoms with Gasteiger partial charge in [-0.15, -0.1) is 0 Å². The molecule has 0 bridgehead atoms. The minimum absolute atomic E-state index is 0. The van der Waals surface area contributed by atoms with Crippen LogP contribution in [0.15, 0.2) is 30.3 Å². The summed E-state index contributed by atoms with van der Waals surface area (Å²) >= 11 is 0. The number of hydrogen-bond donors (Lipinski definition) is 0. The van der Waals surface area contributed by atoms with Gasteiger partial charge in [0.05, 0.1) is 0 Å². The Morgan fingerprint density at radius 2 is 1.73 bits per heavy atom. The smallest absolute Gasteiger partial charge is 0.541 e. The quantitative estimate of drug-likeness (QED) is 0.320. The van der Waals surface area contributed by atoms with Crippen molar-refractivity contribution < 1.29 is 70.5 Å². The van der Waals surface area contributed by atoms with Crippen LogP contribution in [0.5, 0.6) is 0 Å². The second kappa shape index (κ2) is 7.03. The monoisotopic (exact) mass is 232 g/mol. The van der Waals surface area contributed by atoms with Crippen molar-refractivity contribution in [3.05, 3.63) is 41.7 Å². The maximum absolute atomic E-state index is 12.4. The van der Waals surface area contributed by atoms with Gasteiger partial charge in [0.15, 0.2) is 0 Å². The molecular formula is C10H6FKO3. The number of halogens is 1. The number of benzene rings is 1. The first kappa shape index (κ1) is 14.7. The molecule has 3 nitrogen and oxygen atoms in total. The Balaban J connectivity index is 0.00000196. The van der Waals surface area contributed by atoms with Crippen LogP contribution in [0.2, 0.25) is 0 Å². The topological polar surface area (TPSA) is 57.2 Å².